The Kier molecular flexibility index (Phi) is 6.88. The molecule has 1 aliphatic heterocycles. The van der Waals surface area contributed by atoms with Gasteiger partial charge in [0.05, 0.1) is 37.5 Å². The molecule has 0 atom stereocenters. The SMILES string of the molecule is COc1ccc(C(=O)Oc2ccc(C(=S)N3CCOCC3)cc2Br)cc1OC. The lowest BCUT2D eigenvalue weighted by atomic mass is 10.2. The van der Waals surface area contributed by atoms with Crippen molar-refractivity contribution in [3.8, 4) is 17.2 Å². The van der Waals surface area contributed by atoms with E-state index in [0.717, 1.165) is 23.6 Å². The number of carbonyl (C=O) groups is 1. The van der Waals surface area contributed by atoms with Gasteiger partial charge in [0.15, 0.2) is 11.5 Å². The first-order chi connectivity index (χ1) is 13.5. The molecular formula is C20H20BrNO5S. The molecule has 0 bridgehead atoms. The highest BCUT2D eigenvalue weighted by Crippen LogP contribution is 2.30. The lowest BCUT2D eigenvalue weighted by Gasteiger charge is -2.29. The molecule has 28 heavy (non-hydrogen) atoms. The van der Waals surface area contributed by atoms with Crippen LogP contribution >= 0.6 is 28.1 Å². The summed E-state index contributed by atoms with van der Waals surface area (Å²) in [5.74, 6) is 0.918. The highest BCUT2D eigenvalue weighted by molar-refractivity contribution is 9.10. The van der Waals surface area contributed by atoms with Gasteiger partial charge in [-0.2, -0.15) is 0 Å². The first kappa shape index (κ1) is 20.6. The maximum absolute atomic E-state index is 12.5. The van der Waals surface area contributed by atoms with Crippen LogP contribution in [0, 0.1) is 0 Å². The number of methoxy groups -OCH3 is 2. The van der Waals surface area contributed by atoms with Gasteiger partial charge in [-0.3, -0.25) is 0 Å². The van der Waals surface area contributed by atoms with Crippen LogP contribution in [-0.4, -0.2) is 56.4 Å². The van der Waals surface area contributed by atoms with Crippen molar-refractivity contribution in [3.63, 3.8) is 0 Å². The summed E-state index contributed by atoms with van der Waals surface area (Å²) < 4.78 is 21.9. The maximum atomic E-state index is 12.5. The largest absolute Gasteiger partial charge is 0.493 e. The van der Waals surface area contributed by atoms with Gasteiger partial charge in [0.25, 0.3) is 0 Å². The minimum Gasteiger partial charge on any atom is -0.493 e. The van der Waals surface area contributed by atoms with E-state index in [1.165, 1.54) is 14.2 Å². The van der Waals surface area contributed by atoms with Crippen LogP contribution in [0.3, 0.4) is 0 Å². The Hall–Kier alpha value is -2.16. The molecule has 0 spiro atoms. The quantitative estimate of drug-likeness (QED) is 0.379. The summed E-state index contributed by atoms with van der Waals surface area (Å²) in [6.45, 7) is 2.88. The maximum Gasteiger partial charge on any atom is 0.343 e. The van der Waals surface area contributed by atoms with Crippen molar-refractivity contribution in [1.29, 1.82) is 0 Å². The molecule has 3 rings (SSSR count). The second-order valence-corrected chi connectivity index (χ2v) is 7.25. The van der Waals surface area contributed by atoms with Crippen molar-refractivity contribution >= 4 is 39.1 Å². The Morgan fingerprint density at radius 1 is 1.00 bits per heavy atom. The van der Waals surface area contributed by atoms with Crippen molar-refractivity contribution in [2.24, 2.45) is 0 Å². The number of ether oxygens (including phenoxy) is 4. The van der Waals surface area contributed by atoms with Crippen LogP contribution in [0.4, 0.5) is 0 Å². The van der Waals surface area contributed by atoms with E-state index >= 15 is 0 Å². The molecule has 0 N–H and O–H groups in total. The van der Waals surface area contributed by atoms with Crippen LogP contribution in [0.2, 0.25) is 0 Å². The van der Waals surface area contributed by atoms with Crippen LogP contribution in [-0.2, 0) is 4.74 Å². The Morgan fingerprint density at radius 3 is 2.29 bits per heavy atom. The molecule has 148 valence electrons. The zero-order chi connectivity index (χ0) is 20.1. The zero-order valence-corrected chi connectivity index (χ0v) is 18.0. The Morgan fingerprint density at radius 2 is 1.64 bits per heavy atom. The van der Waals surface area contributed by atoms with Gasteiger partial charge >= 0.3 is 5.97 Å². The van der Waals surface area contributed by atoms with Gasteiger partial charge in [-0.15, -0.1) is 0 Å². The van der Waals surface area contributed by atoms with Gasteiger partial charge in [0.1, 0.15) is 10.7 Å². The van der Waals surface area contributed by atoms with Gasteiger partial charge in [-0.05, 0) is 52.3 Å². The topological polar surface area (TPSA) is 57.2 Å². The van der Waals surface area contributed by atoms with Crippen LogP contribution in [0.1, 0.15) is 15.9 Å². The smallest absolute Gasteiger partial charge is 0.343 e. The summed E-state index contributed by atoms with van der Waals surface area (Å²) in [7, 11) is 3.05. The van der Waals surface area contributed by atoms with Crippen LogP contribution in [0.15, 0.2) is 40.9 Å². The van der Waals surface area contributed by atoms with Crippen LogP contribution in [0.5, 0.6) is 17.2 Å². The zero-order valence-electron chi connectivity index (χ0n) is 15.6. The molecule has 0 radical (unpaired) electrons. The third-order valence-electron chi connectivity index (χ3n) is 4.30. The Labute approximate surface area is 177 Å². The van der Waals surface area contributed by atoms with E-state index in [4.69, 9.17) is 31.2 Å². The number of thiocarbonyl (C=S) groups is 1. The van der Waals surface area contributed by atoms with Crippen molar-refractivity contribution in [3.05, 3.63) is 52.0 Å². The van der Waals surface area contributed by atoms with E-state index in [9.17, 15) is 4.79 Å². The summed E-state index contributed by atoms with van der Waals surface area (Å²) >= 11 is 9.04. The molecular weight excluding hydrogens is 446 g/mol. The Balaban J connectivity index is 1.74. The fraction of sp³-hybridized carbons (Fsp3) is 0.300. The average molecular weight is 466 g/mol. The summed E-state index contributed by atoms with van der Waals surface area (Å²) in [6.07, 6.45) is 0. The fourth-order valence-electron chi connectivity index (χ4n) is 2.79. The van der Waals surface area contributed by atoms with Gasteiger partial charge in [-0.1, -0.05) is 12.2 Å². The van der Waals surface area contributed by atoms with E-state index in [1.54, 1.807) is 24.3 Å². The predicted octanol–water partition coefficient (Wildman–Crippen LogP) is 3.69. The molecule has 0 amide bonds. The van der Waals surface area contributed by atoms with E-state index in [2.05, 4.69) is 20.8 Å². The monoisotopic (exact) mass is 465 g/mol. The van der Waals surface area contributed by atoms with Crippen LogP contribution < -0.4 is 14.2 Å². The number of morpholine rings is 1. The molecule has 1 fully saturated rings. The minimum atomic E-state index is -0.495. The standard InChI is InChI=1S/C20H20BrNO5S/c1-24-17-6-4-14(12-18(17)25-2)20(23)27-16-5-3-13(11-15(16)21)19(28)22-7-9-26-10-8-22/h3-6,11-12H,7-10H2,1-2H3. The number of hydrogen-bond donors (Lipinski definition) is 0. The third-order valence-corrected chi connectivity index (χ3v) is 5.41. The minimum absolute atomic E-state index is 0.359. The third kappa shape index (κ3) is 4.63. The van der Waals surface area contributed by atoms with E-state index in [0.29, 0.717) is 40.5 Å². The second-order valence-electron chi connectivity index (χ2n) is 6.01. The molecule has 6 nitrogen and oxygen atoms in total. The van der Waals surface area contributed by atoms with Crippen molar-refractivity contribution in [1.82, 2.24) is 4.90 Å². The molecule has 0 saturated carbocycles. The highest BCUT2D eigenvalue weighted by Gasteiger charge is 2.18. The van der Waals surface area contributed by atoms with Gasteiger partial charge in [0.2, 0.25) is 0 Å². The molecule has 0 aliphatic carbocycles. The lowest BCUT2D eigenvalue weighted by Crippen LogP contribution is -2.40. The number of benzene rings is 2. The van der Waals surface area contributed by atoms with Gasteiger partial charge in [0, 0.05) is 18.7 Å². The first-order valence-electron chi connectivity index (χ1n) is 8.64. The molecule has 0 unspecified atom stereocenters. The molecule has 2 aromatic rings. The highest BCUT2D eigenvalue weighted by atomic mass is 79.9. The van der Waals surface area contributed by atoms with Crippen LogP contribution in [0.25, 0.3) is 0 Å². The van der Waals surface area contributed by atoms with Gasteiger partial charge in [-0.25, -0.2) is 4.79 Å². The van der Waals surface area contributed by atoms with Crippen molar-refractivity contribution < 1.29 is 23.7 Å². The molecule has 0 aromatic heterocycles. The number of nitrogens with zero attached hydrogens (tertiary/aromatic N) is 1. The first-order valence-corrected chi connectivity index (χ1v) is 9.84. The van der Waals surface area contributed by atoms with Gasteiger partial charge < -0.3 is 23.8 Å². The number of hydrogen-bond acceptors (Lipinski definition) is 6. The average Bonchev–Trinajstić information content (AvgIpc) is 2.74. The summed E-state index contributed by atoms with van der Waals surface area (Å²) in [5.41, 5.74) is 1.24. The number of esters is 1. The Bertz CT molecular complexity index is 883. The summed E-state index contributed by atoms with van der Waals surface area (Å²) in [6, 6.07) is 10.3. The molecule has 1 aliphatic rings. The fourth-order valence-corrected chi connectivity index (χ4v) is 3.56. The molecule has 1 heterocycles. The molecule has 2 aromatic carbocycles. The van der Waals surface area contributed by atoms with Crippen molar-refractivity contribution in [2.75, 3.05) is 40.5 Å². The van der Waals surface area contributed by atoms with Crippen molar-refractivity contribution in [2.45, 2.75) is 0 Å². The van der Waals surface area contributed by atoms with E-state index < -0.39 is 5.97 Å². The predicted molar refractivity (Wildman–Crippen MR) is 113 cm³/mol. The lowest BCUT2D eigenvalue weighted by molar-refractivity contribution is 0.0692. The molecule has 1 saturated heterocycles. The summed E-state index contributed by atoms with van der Waals surface area (Å²) in [5, 5.41) is 0. The second kappa shape index (κ2) is 9.36. The summed E-state index contributed by atoms with van der Waals surface area (Å²) in [4.78, 5) is 15.4. The number of rotatable bonds is 5. The number of carbonyl (C=O) groups excluding carboxylic acids is 1. The van der Waals surface area contributed by atoms with E-state index in [-0.39, 0.29) is 0 Å². The van der Waals surface area contributed by atoms with E-state index in [1.807, 2.05) is 12.1 Å². The number of halogens is 1. The normalized spacial score (nSPS) is 13.8. The molecule has 8 heteroatoms.